The Kier molecular flexibility index (Phi) is 4.87. The summed E-state index contributed by atoms with van der Waals surface area (Å²) in [5, 5.41) is 14.4. The van der Waals surface area contributed by atoms with E-state index in [1.807, 2.05) is 0 Å². The third-order valence-electron chi connectivity index (χ3n) is 3.73. The van der Waals surface area contributed by atoms with Crippen LogP contribution in [0.1, 0.15) is 29.3 Å². The SMILES string of the molecule is CCCN(Cc1ccc(C(N)=O)cc1[N+](=O)[O-])C1CNC1. The smallest absolute Gasteiger partial charge is 0.274 e. The van der Waals surface area contributed by atoms with Crippen LogP contribution in [0.2, 0.25) is 0 Å². The second kappa shape index (κ2) is 6.64. The minimum absolute atomic E-state index is 0.0420. The van der Waals surface area contributed by atoms with Gasteiger partial charge in [0.2, 0.25) is 5.91 Å². The van der Waals surface area contributed by atoms with E-state index in [2.05, 4.69) is 17.1 Å². The van der Waals surface area contributed by atoms with Crippen molar-refractivity contribution in [2.75, 3.05) is 19.6 Å². The quantitative estimate of drug-likeness (QED) is 0.573. The van der Waals surface area contributed by atoms with Gasteiger partial charge >= 0.3 is 0 Å². The standard InChI is InChI=1S/C14H20N4O3/c1-2-5-17(12-7-16-8-12)9-11-4-3-10(14(15)19)6-13(11)18(20)21/h3-4,6,12,16H,2,5,7-9H2,1H3,(H2,15,19). The maximum absolute atomic E-state index is 11.2. The topological polar surface area (TPSA) is 102 Å². The minimum Gasteiger partial charge on any atom is -0.366 e. The van der Waals surface area contributed by atoms with Crippen LogP contribution in [0.25, 0.3) is 0 Å². The van der Waals surface area contributed by atoms with Crippen LogP contribution >= 0.6 is 0 Å². The third kappa shape index (κ3) is 3.56. The number of hydrogen-bond donors (Lipinski definition) is 2. The van der Waals surface area contributed by atoms with Crippen LogP contribution in [0, 0.1) is 10.1 Å². The first kappa shape index (κ1) is 15.4. The Bertz CT molecular complexity index is 543. The van der Waals surface area contributed by atoms with Crippen LogP contribution in [0.15, 0.2) is 18.2 Å². The number of amides is 1. The predicted molar refractivity (Wildman–Crippen MR) is 79.0 cm³/mol. The zero-order chi connectivity index (χ0) is 15.4. The highest BCUT2D eigenvalue weighted by molar-refractivity contribution is 5.93. The summed E-state index contributed by atoms with van der Waals surface area (Å²) in [6.07, 6.45) is 0.990. The van der Waals surface area contributed by atoms with Gasteiger partial charge in [0.15, 0.2) is 0 Å². The Morgan fingerprint density at radius 2 is 2.24 bits per heavy atom. The molecule has 0 aliphatic carbocycles. The van der Waals surface area contributed by atoms with Gasteiger partial charge in [-0.05, 0) is 19.0 Å². The molecule has 1 fully saturated rings. The second-order valence-electron chi connectivity index (χ2n) is 5.25. The van der Waals surface area contributed by atoms with Crippen molar-refractivity contribution in [1.82, 2.24) is 10.2 Å². The maximum atomic E-state index is 11.2. The molecule has 7 heteroatoms. The number of nitrogens with zero attached hydrogens (tertiary/aromatic N) is 2. The van der Waals surface area contributed by atoms with E-state index < -0.39 is 10.8 Å². The molecule has 3 N–H and O–H groups in total. The van der Waals surface area contributed by atoms with Gasteiger partial charge in [-0.2, -0.15) is 0 Å². The summed E-state index contributed by atoms with van der Waals surface area (Å²) in [5.41, 5.74) is 5.92. The van der Waals surface area contributed by atoms with Gasteiger partial charge < -0.3 is 11.1 Å². The first-order valence-electron chi connectivity index (χ1n) is 7.04. The maximum Gasteiger partial charge on any atom is 0.274 e. The molecule has 0 radical (unpaired) electrons. The molecule has 1 aromatic rings. The molecule has 0 bridgehead atoms. The van der Waals surface area contributed by atoms with E-state index in [1.165, 1.54) is 6.07 Å². The molecule has 1 saturated heterocycles. The third-order valence-corrected chi connectivity index (χ3v) is 3.73. The zero-order valence-electron chi connectivity index (χ0n) is 12.0. The lowest BCUT2D eigenvalue weighted by Gasteiger charge is -2.38. The van der Waals surface area contributed by atoms with Gasteiger partial charge in [0.05, 0.1) is 4.92 Å². The molecule has 1 aliphatic heterocycles. The number of carbonyl (C=O) groups is 1. The van der Waals surface area contributed by atoms with Crippen molar-refractivity contribution in [3.8, 4) is 0 Å². The average molecular weight is 292 g/mol. The largest absolute Gasteiger partial charge is 0.366 e. The van der Waals surface area contributed by atoms with E-state index in [0.717, 1.165) is 26.1 Å². The molecule has 1 aromatic carbocycles. The number of nitro groups is 1. The molecule has 1 aliphatic rings. The van der Waals surface area contributed by atoms with Crippen molar-refractivity contribution in [2.45, 2.75) is 25.9 Å². The Labute approximate surface area is 123 Å². The Morgan fingerprint density at radius 3 is 2.71 bits per heavy atom. The summed E-state index contributed by atoms with van der Waals surface area (Å²) in [6.45, 7) is 5.31. The van der Waals surface area contributed by atoms with Gasteiger partial charge in [0.1, 0.15) is 0 Å². The van der Waals surface area contributed by atoms with Gasteiger partial charge in [0.25, 0.3) is 5.69 Å². The fourth-order valence-corrected chi connectivity index (χ4v) is 2.45. The van der Waals surface area contributed by atoms with Gasteiger partial charge in [-0.25, -0.2) is 0 Å². The molecule has 2 rings (SSSR count). The van der Waals surface area contributed by atoms with E-state index in [-0.39, 0.29) is 11.3 Å². The molecular formula is C14H20N4O3. The molecular weight excluding hydrogens is 272 g/mol. The average Bonchev–Trinajstić information content (AvgIpc) is 2.36. The number of nitro benzene ring substituents is 1. The highest BCUT2D eigenvalue weighted by atomic mass is 16.6. The van der Waals surface area contributed by atoms with E-state index in [1.54, 1.807) is 12.1 Å². The molecule has 1 heterocycles. The van der Waals surface area contributed by atoms with E-state index >= 15 is 0 Å². The highest BCUT2D eigenvalue weighted by Crippen LogP contribution is 2.23. The number of carbonyl (C=O) groups excluding carboxylic acids is 1. The molecule has 0 aromatic heterocycles. The summed E-state index contributed by atoms with van der Waals surface area (Å²) < 4.78 is 0. The van der Waals surface area contributed by atoms with E-state index in [4.69, 9.17) is 5.73 Å². The fourth-order valence-electron chi connectivity index (χ4n) is 2.45. The van der Waals surface area contributed by atoms with Crippen LogP contribution in [0.3, 0.4) is 0 Å². The lowest BCUT2D eigenvalue weighted by Crippen LogP contribution is -2.57. The number of nitrogens with one attached hydrogen (secondary N) is 1. The molecule has 21 heavy (non-hydrogen) atoms. The number of benzene rings is 1. The monoisotopic (exact) mass is 292 g/mol. The van der Waals surface area contributed by atoms with Crippen LogP contribution in [0.4, 0.5) is 5.69 Å². The minimum atomic E-state index is -0.654. The number of primary amides is 1. The highest BCUT2D eigenvalue weighted by Gasteiger charge is 2.26. The normalized spacial score (nSPS) is 15.0. The van der Waals surface area contributed by atoms with Crippen LogP contribution in [-0.4, -0.2) is 41.4 Å². The zero-order valence-corrected chi connectivity index (χ0v) is 12.0. The van der Waals surface area contributed by atoms with Crippen molar-refractivity contribution in [3.63, 3.8) is 0 Å². The lowest BCUT2D eigenvalue weighted by atomic mass is 10.1. The molecule has 0 saturated carbocycles. The second-order valence-corrected chi connectivity index (χ2v) is 5.25. The Morgan fingerprint density at radius 1 is 1.52 bits per heavy atom. The summed E-state index contributed by atoms with van der Waals surface area (Å²) >= 11 is 0. The molecule has 0 atom stereocenters. The molecule has 0 unspecified atom stereocenters. The van der Waals surface area contributed by atoms with E-state index in [0.29, 0.717) is 18.2 Å². The molecule has 0 spiro atoms. The van der Waals surface area contributed by atoms with E-state index in [9.17, 15) is 14.9 Å². The van der Waals surface area contributed by atoms with Gasteiger partial charge in [-0.3, -0.25) is 19.8 Å². The fraction of sp³-hybridized carbons (Fsp3) is 0.500. The van der Waals surface area contributed by atoms with Crippen molar-refractivity contribution in [2.24, 2.45) is 5.73 Å². The predicted octanol–water partition coefficient (Wildman–Crippen LogP) is 0.877. The van der Waals surface area contributed by atoms with Gasteiger partial charge in [-0.1, -0.05) is 13.0 Å². The van der Waals surface area contributed by atoms with Crippen LogP contribution in [0.5, 0.6) is 0 Å². The van der Waals surface area contributed by atoms with Crippen molar-refractivity contribution >= 4 is 11.6 Å². The van der Waals surface area contributed by atoms with Crippen molar-refractivity contribution in [3.05, 3.63) is 39.4 Å². The van der Waals surface area contributed by atoms with Crippen LogP contribution in [-0.2, 0) is 6.54 Å². The first-order chi connectivity index (χ1) is 10.0. The Balaban J connectivity index is 2.24. The molecule has 7 nitrogen and oxygen atoms in total. The van der Waals surface area contributed by atoms with Crippen molar-refractivity contribution < 1.29 is 9.72 Å². The summed E-state index contributed by atoms with van der Waals surface area (Å²) in [7, 11) is 0. The summed E-state index contributed by atoms with van der Waals surface area (Å²) in [4.78, 5) is 24.2. The van der Waals surface area contributed by atoms with Crippen molar-refractivity contribution in [1.29, 1.82) is 0 Å². The van der Waals surface area contributed by atoms with Crippen LogP contribution < -0.4 is 11.1 Å². The first-order valence-corrected chi connectivity index (χ1v) is 7.04. The number of hydrogen-bond acceptors (Lipinski definition) is 5. The lowest BCUT2D eigenvalue weighted by molar-refractivity contribution is -0.385. The number of rotatable bonds is 7. The molecule has 1 amide bonds. The Hall–Kier alpha value is -1.99. The summed E-state index contributed by atoms with van der Waals surface area (Å²) in [6, 6.07) is 4.86. The molecule has 114 valence electrons. The van der Waals surface area contributed by atoms with Gasteiger partial charge in [0, 0.05) is 42.9 Å². The van der Waals surface area contributed by atoms with Gasteiger partial charge in [-0.15, -0.1) is 0 Å². The summed E-state index contributed by atoms with van der Waals surface area (Å²) in [5.74, 6) is -0.654. The number of nitrogens with two attached hydrogens (primary N) is 1.